The van der Waals surface area contributed by atoms with Crippen molar-refractivity contribution < 1.29 is 13.9 Å². The number of nitrogens with one attached hydrogen (secondary N) is 1. The molecule has 1 aromatic heterocycles. The van der Waals surface area contributed by atoms with Crippen LogP contribution in [0.1, 0.15) is 28.6 Å². The van der Waals surface area contributed by atoms with Crippen LogP contribution in [-0.4, -0.2) is 13.1 Å². The fourth-order valence-corrected chi connectivity index (χ4v) is 1.88. The third kappa shape index (κ3) is 3.16. The van der Waals surface area contributed by atoms with Gasteiger partial charge in [0.05, 0.1) is 19.2 Å². The van der Waals surface area contributed by atoms with Crippen LogP contribution in [0.25, 0.3) is 0 Å². The largest absolute Gasteiger partial charge is 0.467 e. The Hall–Kier alpha value is -2.23. The van der Waals surface area contributed by atoms with Crippen LogP contribution in [-0.2, 0) is 17.7 Å². The molecule has 0 saturated carbocycles. The summed E-state index contributed by atoms with van der Waals surface area (Å²) in [5, 5.41) is 3.30. The molecule has 2 aromatic rings. The van der Waals surface area contributed by atoms with Gasteiger partial charge >= 0.3 is 5.97 Å². The second-order valence-electron chi connectivity index (χ2n) is 4.16. The van der Waals surface area contributed by atoms with Gasteiger partial charge in [-0.15, -0.1) is 0 Å². The van der Waals surface area contributed by atoms with Crippen LogP contribution < -0.4 is 5.32 Å². The van der Waals surface area contributed by atoms with Gasteiger partial charge in [-0.25, -0.2) is 4.79 Å². The Kier molecular flexibility index (Phi) is 4.23. The SMILES string of the molecule is CCc1ccccc1NCc1cc(C(=O)OC)co1. The monoisotopic (exact) mass is 259 g/mol. The van der Waals surface area contributed by atoms with E-state index < -0.39 is 0 Å². The standard InChI is InChI=1S/C15H17NO3/c1-3-11-6-4-5-7-14(11)16-9-13-8-12(10-19-13)15(17)18-2/h4-8,10,16H,3,9H2,1-2H3. The molecule has 100 valence electrons. The minimum absolute atomic E-state index is 0.385. The number of hydrogen-bond donors (Lipinski definition) is 1. The maximum Gasteiger partial charge on any atom is 0.341 e. The van der Waals surface area contributed by atoms with Crippen LogP contribution in [0.3, 0.4) is 0 Å². The number of esters is 1. The molecule has 0 radical (unpaired) electrons. The third-order valence-corrected chi connectivity index (χ3v) is 2.93. The van der Waals surface area contributed by atoms with Gasteiger partial charge in [0.1, 0.15) is 12.0 Å². The van der Waals surface area contributed by atoms with Crippen molar-refractivity contribution >= 4 is 11.7 Å². The first kappa shape index (κ1) is 13.2. The first-order chi connectivity index (χ1) is 9.24. The van der Waals surface area contributed by atoms with Crippen molar-refractivity contribution in [1.29, 1.82) is 0 Å². The van der Waals surface area contributed by atoms with Crippen molar-refractivity contribution in [3.05, 3.63) is 53.5 Å². The van der Waals surface area contributed by atoms with Crippen LogP contribution in [0.15, 0.2) is 41.0 Å². The summed E-state index contributed by atoms with van der Waals surface area (Å²) in [5.74, 6) is 0.315. The first-order valence-corrected chi connectivity index (χ1v) is 6.22. The Balaban J connectivity index is 2.02. The fourth-order valence-electron chi connectivity index (χ4n) is 1.88. The summed E-state index contributed by atoms with van der Waals surface area (Å²) < 4.78 is 9.95. The Labute approximate surface area is 112 Å². The molecule has 0 aliphatic rings. The van der Waals surface area contributed by atoms with Crippen LogP contribution >= 0.6 is 0 Å². The summed E-state index contributed by atoms with van der Waals surface area (Å²) in [6, 6.07) is 9.82. The lowest BCUT2D eigenvalue weighted by Crippen LogP contribution is -2.01. The van der Waals surface area contributed by atoms with Gasteiger partial charge in [-0.2, -0.15) is 0 Å². The Bertz CT molecular complexity index is 560. The zero-order valence-corrected chi connectivity index (χ0v) is 11.1. The molecule has 0 bridgehead atoms. The Morgan fingerprint density at radius 3 is 2.89 bits per heavy atom. The van der Waals surface area contributed by atoms with E-state index in [2.05, 4.69) is 23.0 Å². The number of anilines is 1. The van der Waals surface area contributed by atoms with Gasteiger partial charge in [0, 0.05) is 5.69 Å². The molecule has 0 spiro atoms. The van der Waals surface area contributed by atoms with E-state index in [0.29, 0.717) is 17.9 Å². The van der Waals surface area contributed by atoms with Crippen LogP contribution in [0, 0.1) is 0 Å². The highest BCUT2D eigenvalue weighted by Crippen LogP contribution is 2.17. The van der Waals surface area contributed by atoms with E-state index in [4.69, 9.17) is 4.42 Å². The van der Waals surface area contributed by atoms with E-state index >= 15 is 0 Å². The molecule has 4 heteroatoms. The molecular weight excluding hydrogens is 242 g/mol. The molecule has 0 amide bonds. The second-order valence-corrected chi connectivity index (χ2v) is 4.16. The van der Waals surface area contributed by atoms with Gasteiger partial charge < -0.3 is 14.5 Å². The zero-order valence-electron chi connectivity index (χ0n) is 11.1. The van der Waals surface area contributed by atoms with E-state index in [-0.39, 0.29) is 5.97 Å². The molecule has 1 N–H and O–H groups in total. The lowest BCUT2D eigenvalue weighted by molar-refractivity contribution is 0.0600. The third-order valence-electron chi connectivity index (χ3n) is 2.93. The van der Waals surface area contributed by atoms with E-state index in [0.717, 1.165) is 12.1 Å². The number of para-hydroxylation sites is 1. The van der Waals surface area contributed by atoms with Crippen molar-refractivity contribution in [1.82, 2.24) is 0 Å². The summed E-state index contributed by atoms with van der Waals surface area (Å²) in [6.45, 7) is 2.65. The first-order valence-electron chi connectivity index (χ1n) is 6.22. The van der Waals surface area contributed by atoms with Crippen molar-refractivity contribution in [3.63, 3.8) is 0 Å². The Morgan fingerprint density at radius 2 is 2.16 bits per heavy atom. The van der Waals surface area contributed by atoms with Gasteiger partial charge in [0.15, 0.2) is 0 Å². The molecule has 1 heterocycles. The van der Waals surface area contributed by atoms with E-state index in [1.165, 1.54) is 18.9 Å². The number of carbonyl (C=O) groups excluding carboxylic acids is 1. The molecule has 4 nitrogen and oxygen atoms in total. The molecule has 2 rings (SSSR count). The molecule has 0 unspecified atom stereocenters. The molecule has 0 saturated heterocycles. The zero-order chi connectivity index (χ0) is 13.7. The van der Waals surface area contributed by atoms with E-state index in [1.54, 1.807) is 6.07 Å². The molecular formula is C15H17NO3. The van der Waals surface area contributed by atoms with Crippen molar-refractivity contribution in [2.24, 2.45) is 0 Å². The normalized spacial score (nSPS) is 10.2. The maximum absolute atomic E-state index is 11.3. The van der Waals surface area contributed by atoms with Crippen molar-refractivity contribution in [2.75, 3.05) is 12.4 Å². The quantitative estimate of drug-likeness (QED) is 0.837. The number of aryl methyl sites for hydroxylation is 1. The van der Waals surface area contributed by atoms with Crippen molar-refractivity contribution in [2.45, 2.75) is 19.9 Å². The number of rotatable bonds is 5. The molecule has 19 heavy (non-hydrogen) atoms. The van der Waals surface area contributed by atoms with Crippen molar-refractivity contribution in [3.8, 4) is 0 Å². The van der Waals surface area contributed by atoms with E-state index in [9.17, 15) is 4.79 Å². The lowest BCUT2D eigenvalue weighted by atomic mass is 10.1. The fraction of sp³-hybridized carbons (Fsp3) is 0.267. The predicted octanol–water partition coefficient (Wildman–Crippen LogP) is 3.24. The Morgan fingerprint density at radius 1 is 1.37 bits per heavy atom. The predicted molar refractivity (Wildman–Crippen MR) is 73.2 cm³/mol. The number of furan rings is 1. The number of methoxy groups -OCH3 is 1. The van der Waals surface area contributed by atoms with E-state index in [1.807, 2.05) is 18.2 Å². The summed E-state index contributed by atoms with van der Waals surface area (Å²) in [4.78, 5) is 11.3. The van der Waals surface area contributed by atoms with Crippen LogP contribution in [0.2, 0.25) is 0 Å². The summed E-state index contributed by atoms with van der Waals surface area (Å²) >= 11 is 0. The average Bonchev–Trinajstić information content (AvgIpc) is 2.93. The number of carbonyl (C=O) groups is 1. The number of benzene rings is 1. The average molecular weight is 259 g/mol. The highest BCUT2D eigenvalue weighted by molar-refractivity contribution is 5.89. The summed E-state index contributed by atoms with van der Waals surface area (Å²) in [7, 11) is 1.35. The highest BCUT2D eigenvalue weighted by Gasteiger charge is 2.10. The second kappa shape index (κ2) is 6.09. The van der Waals surface area contributed by atoms with Gasteiger partial charge in [0.25, 0.3) is 0 Å². The number of hydrogen-bond acceptors (Lipinski definition) is 4. The highest BCUT2D eigenvalue weighted by atomic mass is 16.5. The van der Waals surface area contributed by atoms with Gasteiger partial charge in [-0.3, -0.25) is 0 Å². The summed E-state index contributed by atoms with van der Waals surface area (Å²) in [5.41, 5.74) is 2.77. The minimum Gasteiger partial charge on any atom is -0.467 e. The summed E-state index contributed by atoms with van der Waals surface area (Å²) in [6.07, 6.45) is 2.38. The van der Waals surface area contributed by atoms with Crippen LogP contribution in [0.4, 0.5) is 5.69 Å². The molecule has 0 atom stereocenters. The topological polar surface area (TPSA) is 51.5 Å². The maximum atomic E-state index is 11.3. The molecule has 0 aliphatic heterocycles. The molecule has 0 aliphatic carbocycles. The molecule has 1 aromatic carbocycles. The molecule has 0 fully saturated rings. The number of ether oxygens (including phenoxy) is 1. The van der Waals surface area contributed by atoms with Gasteiger partial charge in [0.2, 0.25) is 0 Å². The smallest absolute Gasteiger partial charge is 0.341 e. The van der Waals surface area contributed by atoms with Gasteiger partial charge in [-0.05, 0) is 24.1 Å². The minimum atomic E-state index is -0.385. The van der Waals surface area contributed by atoms with Crippen LogP contribution in [0.5, 0.6) is 0 Å². The van der Waals surface area contributed by atoms with Gasteiger partial charge in [-0.1, -0.05) is 25.1 Å². The lowest BCUT2D eigenvalue weighted by Gasteiger charge is -2.09.